The number of nitrogens with zero attached hydrogens (tertiary/aromatic N) is 1. The fourth-order valence-corrected chi connectivity index (χ4v) is 3.27. The van der Waals surface area contributed by atoms with E-state index in [1.165, 1.54) is 11.8 Å². The van der Waals surface area contributed by atoms with Gasteiger partial charge in [0.15, 0.2) is 0 Å². The maximum Gasteiger partial charge on any atom is 0.325 e. The number of thioether (sulfide) groups is 1. The van der Waals surface area contributed by atoms with E-state index in [1.54, 1.807) is 13.0 Å². The third-order valence-electron chi connectivity index (χ3n) is 4.25. The zero-order valence-corrected chi connectivity index (χ0v) is 15.9. The van der Waals surface area contributed by atoms with Crippen molar-refractivity contribution in [2.45, 2.75) is 44.0 Å². The number of imide groups is 1. The number of hydrogen-bond donors (Lipinski definition) is 2. The third-order valence-corrected chi connectivity index (χ3v) is 5.05. The van der Waals surface area contributed by atoms with Crippen molar-refractivity contribution in [1.29, 1.82) is 0 Å². The molecule has 136 valence electrons. The number of anilines is 1. The normalized spacial score (nSPS) is 20.1. The highest BCUT2D eigenvalue weighted by Crippen LogP contribution is 2.26. The standard InChI is InChI=1S/C18H25N3O3S/c1-12(2)9-10-18(3)16(23)21(17(24)20-18)11-15(22)19-13-7-5-6-8-14(13)25-4/h5-8,12H,9-11H2,1-4H3,(H,19,22)(H,20,24). The first kappa shape index (κ1) is 19.3. The van der Waals surface area contributed by atoms with E-state index in [0.717, 1.165) is 16.2 Å². The number of carbonyl (C=O) groups is 3. The lowest BCUT2D eigenvalue weighted by molar-refractivity contribution is -0.133. The Morgan fingerprint density at radius 1 is 1.32 bits per heavy atom. The first-order valence-electron chi connectivity index (χ1n) is 8.34. The average molecular weight is 363 g/mol. The highest BCUT2D eigenvalue weighted by molar-refractivity contribution is 7.98. The SMILES string of the molecule is CSc1ccccc1NC(=O)CN1C(=O)NC(C)(CCC(C)C)C1=O. The van der Waals surface area contributed by atoms with Crippen molar-refractivity contribution in [2.75, 3.05) is 18.1 Å². The van der Waals surface area contributed by atoms with E-state index in [0.29, 0.717) is 18.0 Å². The summed E-state index contributed by atoms with van der Waals surface area (Å²) in [5.74, 6) is -0.300. The molecule has 2 N–H and O–H groups in total. The van der Waals surface area contributed by atoms with Crippen LogP contribution >= 0.6 is 11.8 Å². The van der Waals surface area contributed by atoms with Crippen LogP contribution < -0.4 is 10.6 Å². The number of hydrogen-bond acceptors (Lipinski definition) is 4. The fraction of sp³-hybridized carbons (Fsp3) is 0.500. The molecule has 0 aromatic heterocycles. The molecule has 0 spiro atoms. The molecule has 1 aromatic carbocycles. The van der Waals surface area contributed by atoms with Crippen LogP contribution in [0.4, 0.5) is 10.5 Å². The molecule has 1 unspecified atom stereocenters. The minimum atomic E-state index is -0.932. The van der Waals surface area contributed by atoms with Gasteiger partial charge in [-0.05, 0) is 44.1 Å². The minimum Gasteiger partial charge on any atom is -0.324 e. The topological polar surface area (TPSA) is 78.5 Å². The van der Waals surface area contributed by atoms with E-state index in [4.69, 9.17) is 0 Å². The third kappa shape index (κ3) is 4.54. The molecule has 4 amide bonds. The molecule has 1 heterocycles. The molecule has 1 saturated heterocycles. The van der Waals surface area contributed by atoms with Gasteiger partial charge in [-0.15, -0.1) is 11.8 Å². The summed E-state index contributed by atoms with van der Waals surface area (Å²) in [4.78, 5) is 39.0. The van der Waals surface area contributed by atoms with E-state index in [1.807, 2.05) is 24.5 Å². The summed E-state index contributed by atoms with van der Waals surface area (Å²) in [7, 11) is 0. The zero-order chi connectivity index (χ0) is 18.6. The number of benzene rings is 1. The number of nitrogens with one attached hydrogen (secondary N) is 2. The smallest absolute Gasteiger partial charge is 0.324 e. The Hall–Kier alpha value is -2.02. The van der Waals surface area contributed by atoms with Gasteiger partial charge in [0, 0.05) is 4.90 Å². The highest BCUT2D eigenvalue weighted by Gasteiger charge is 2.47. The molecule has 7 heteroatoms. The van der Waals surface area contributed by atoms with Crippen molar-refractivity contribution in [3.63, 3.8) is 0 Å². The molecule has 0 radical (unpaired) electrons. The predicted octanol–water partition coefficient (Wildman–Crippen LogP) is 3.09. The molecule has 6 nitrogen and oxygen atoms in total. The van der Waals surface area contributed by atoms with Crippen LogP contribution in [-0.4, -0.2) is 41.1 Å². The molecular formula is C18H25N3O3S. The van der Waals surface area contributed by atoms with E-state index >= 15 is 0 Å². The second-order valence-corrected chi connectivity index (χ2v) is 7.68. The van der Waals surface area contributed by atoms with Crippen molar-refractivity contribution < 1.29 is 14.4 Å². The summed E-state index contributed by atoms with van der Waals surface area (Å²) in [5, 5.41) is 5.50. The molecule has 1 atom stereocenters. The monoisotopic (exact) mass is 363 g/mol. The van der Waals surface area contributed by atoms with Crippen LogP contribution in [-0.2, 0) is 9.59 Å². The van der Waals surface area contributed by atoms with Gasteiger partial charge in [0.05, 0.1) is 5.69 Å². The van der Waals surface area contributed by atoms with Crippen molar-refractivity contribution >= 4 is 35.3 Å². The zero-order valence-electron chi connectivity index (χ0n) is 15.1. The Morgan fingerprint density at radius 2 is 2.00 bits per heavy atom. The van der Waals surface area contributed by atoms with Gasteiger partial charge < -0.3 is 10.6 Å². The van der Waals surface area contributed by atoms with Gasteiger partial charge in [-0.2, -0.15) is 0 Å². The van der Waals surface area contributed by atoms with Gasteiger partial charge in [0.2, 0.25) is 5.91 Å². The van der Waals surface area contributed by atoms with Crippen LogP contribution in [0.25, 0.3) is 0 Å². The van der Waals surface area contributed by atoms with Gasteiger partial charge in [-0.25, -0.2) is 4.79 Å². The fourth-order valence-electron chi connectivity index (χ4n) is 2.72. The number of carbonyl (C=O) groups excluding carboxylic acids is 3. The molecule has 25 heavy (non-hydrogen) atoms. The lowest BCUT2D eigenvalue weighted by atomic mass is 9.92. The van der Waals surface area contributed by atoms with Gasteiger partial charge >= 0.3 is 6.03 Å². The van der Waals surface area contributed by atoms with E-state index in [-0.39, 0.29) is 12.5 Å². The Kier molecular flexibility index (Phi) is 6.11. The van der Waals surface area contributed by atoms with Gasteiger partial charge in [-0.3, -0.25) is 14.5 Å². The van der Waals surface area contributed by atoms with Gasteiger partial charge in [0.25, 0.3) is 5.91 Å². The van der Waals surface area contributed by atoms with Gasteiger partial charge in [-0.1, -0.05) is 26.0 Å². The van der Waals surface area contributed by atoms with E-state index < -0.39 is 17.5 Å². The molecule has 0 bridgehead atoms. The first-order chi connectivity index (χ1) is 11.8. The molecule has 0 aliphatic carbocycles. The minimum absolute atomic E-state index is 0.287. The summed E-state index contributed by atoms with van der Waals surface area (Å²) in [6.07, 6.45) is 3.30. The summed E-state index contributed by atoms with van der Waals surface area (Å²) < 4.78 is 0. The van der Waals surface area contributed by atoms with Crippen LogP contribution in [0.2, 0.25) is 0 Å². The summed E-state index contributed by atoms with van der Waals surface area (Å²) in [6.45, 7) is 5.57. The van der Waals surface area contributed by atoms with E-state index in [9.17, 15) is 14.4 Å². The van der Waals surface area contributed by atoms with Crippen LogP contribution in [0.1, 0.15) is 33.6 Å². The molecule has 1 aromatic rings. The maximum absolute atomic E-state index is 12.6. The second kappa shape index (κ2) is 7.91. The molecule has 1 aliphatic heterocycles. The summed E-state index contributed by atoms with van der Waals surface area (Å²) in [5.41, 5.74) is -0.256. The largest absolute Gasteiger partial charge is 0.325 e. The quantitative estimate of drug-likeness (QED) is 0.576. The Labute approximate surface area is 152 Å². The average Bonchev–Trinajstić information content (AvgIpc) is 2.77. The lowest BCUT2D eigenvalue weighted by Crippen LogP contribution is -2.44. The number of urea groups is 1. The second-order valence-electron chi connectivity index (χ2n) is 6.83. The van der Waals surface area contributed by atoms with Crippen LogP contribution in [0, 0.1) is 5.92 Å². The number of para-hydroxylation sites is 1. The van der Waals surface area contributed by atoms with Crippen LogP contribution in [0.15, 0.2) is 29.2 Å². The highest BCUT2D eigenvalue weighted by atomic mass is 32.2. The van der Waals surface area contributed by atoms with Crippen LogP contribution in [0.5, 0.6) is 0 Å². The predicted molar refractivity (Wildman–Crippen MR) is 99.6 cm³/mol. The van der Waals surface area contributed by atoms with E-state index in [2.05, 4.69) is 24.5 Å². The number of rotatable bonds is 7. The molecule has 1 aliphatic rings. The lowest BCUT2D eigenvalue weighted by Gasteiger charge is -2.22. The Morgan fingerprint density at radius 3 is 2.64 bits per heavy atom. The van der Waals surface area contributed by atoms with Crippen molar-refractivity contribution in [1.82, 2.24) is 10.2 Å². The Bertz CT molecular complexity index is 677. The Balaban J connectivity index is 2.03. The molecule has 2 rings (SSSR count). The molecular weight excluding hydrogens is 338 g/mol. The molecule has 1 fully saturated rings. The van der Waals surface area contributed by atoms with Crippen LogP contribution in [0.3, 0.4) is 0 Å². The summed E-state index contributed by atoms with van der Waals surface area (Å²) in [6, 6.07) is 6.90. The van der Waals surface area contributed by atoms with Crippen molar-refractivity contribution in [2.24, 2.45) is 5.92 Å². The van der Waals surface area contributed by atoms with Crippen molar-refractivity contribution in [3.05, 3.63) is 24.3 Å². The van der Waals surface area contributed by atoms with Gasteiger partial charge in [0.1, 0.15) is 12.1 Å². The summed E-state index contributed by atoms with van der Waals surface area (Å²) >= 11 is 1.52. The maximum atomic E-state index is 12.6. The molecule has 0 saturated carbocycles. The first-order valence-corrected chi connectivity index (χ1v) is 9.56. The van der Waals surface area contributed by atoms with Crippen molar-refractivity contribution in [3.8, 4) is 0 Å². The number of amides is 4.